The van der Waals surface area contributed by atoms with Gasteiger partial charge in [0.05, 0.1) is 0 Å². The minimum Gasteiger partial charge on any atom is -0.480 e. The molecule has 5 nitrogen and oxygen atoms in total. The van der Waals surface area contributed by atoms with Gasteiger partial charge in [-0.3, -0.25) is 4.79 Å². The molecule has 0 aromatic heterocycles. The van der Waals surface area contributed by atoms with E-state index in [0.717, 1.165) is 0 Å². The predicted octanol–water partition coefficient (Wildman–Crippen LogP) is 0.508. The molecule has 0 bridgehead atoms. The minimum atomic E-state index is -4.70. The monoisotopic (exact) mass is 268 g/mol. The Hall–Kier alpha value is -1.31. The molecule has 1 heterocycles. The molecule has 0 aliphatic carbocycles. The number of rotatable bonds is 4. The van der Waals surface area contributed by atoms with E-state index in [1.165, 1.54) is 6.92 Å². The van der Waals surface area contributed by atoms with Gasteiger partial charge in [-0.1, -0.05) is 6.92 Å². The minimum absolute atomic E-state index is 0.0302. The summed E-state index contributed by atoms with van der Waals surface area (Å²) in [5.41, 5.74) is -2.52. The van der Waals surface area contributed by atoms with Gasteiger partial charge >= 0.3 is 12.1 Å². The molecule has 0 spiro atoms. The Morgan fingerprint density at radius 2 is 2.11 bits per heavy atom. The third-order valence-corrected chi connectivity index (χ3v) is 3.14. The lowest BCUT2D eigenvalue weighted by molar-refractivity contribution is -0.216. The first-order chi connectivity index (χ1) is 8.24. The topological polar surface area (TPSA) is 78.4 Å². The highest BCUT2D eigenvalue weighted by Gasteiger charge is 2.61. The molecule has 0 aromatic carbocycles. The van der Waals surface area contributed by atoms with Crippen molar-refractivity contribution in [3.8, 4) is 0 Å². The zero-order chi connectivity index (χ0) is 14.0. The van der Waals surface area contributed by atoms with Crippen molar-refractivity contribution in [2.75, 3.05) is 13.1 Å². The van der Waals surface area contributed by atoms with E-state index in [1.807, 2.05) is 5.32 Å². The van der Waals surface area contributed by atoms with Gasteiger partial charge in [0, 0.05) is 6.54 Å². The van der Waals surface area contributed by atoms with E-state index >= 15 is 0 Å². The van der Waals surface area contributed by atoms with E-state index in [4.69, 9.17) is 5.11 Å². The van der Waals surface area contributed by atoms with Crippen LogP contribution in [-0.4, -0.2) is 42.3 Å². The molecule has 2 atom stereocenters. The van der Waals surface area contributed by atoms with Gasteiger partial charge in [-0.15, -0.1) is 0 Å². The van der Waals surface area contributed by atoms with Crippen molar-refractivity contribution < 1.29 is 27.9 Å². The highest BCUT2D eigenvalue weighted by Crippen LogP contribution is 2.43. The summed E-state index contributed by atoms with van der Waals surface area (Å²) in [7, 11) is 0. The van der Waals surface area contributed by atoms with Crippen LogP contribution in [0.25, 0.3) is 0 Å². The molecule has 1 saturated heterocycles. The third kappa shape index (κ3) is 2.58. The maximum atomic E-state index is 13.0. The number of aliphatic carboxylic acids is 1. The molecule has 0 saturated carbocycles. The Morgan fingerprint density at radius 1 is 1.50 bits per heavy atom. The summed E-state index contributed by atoms with van der Waals surface area (Å²) in [6, 6.07) is -1.29. The van der Waals surface area contributed by atoms with Gasteiger partial charge in [-0.2, -0.15) is 13.2 Å². The molecule has 18 heavy (non-hydrogen) atoms. The van der Waals surface area contributed by atoms with E-state index in [9.17, 15) is 22.8 Å². The molecular formula is C10H15F3N2O3. The van der Waals surface area contributed by atoms with Crippen molar-refractivity contribution >= 4 is 11.9 Å². The molecule has 1 amide bonds. The lowest BCUT2D eigenvalue weighted by atomic mass is 9.85. The highest BCUT2D eigenvalue weighted by atomic mass is 19.4. The van der Waals surface area contributed by atoms with E-state index in [2.05, 4.69) is 5.32 Å². The quantitative estimate of drug-likeness (QED) is 0.694. The summed E-state index contributed by atoms with van der Waals surface area (Å²) in [6.45, 7) is 1.04. The zero-order valence-corrected chi connectivity index (χ0v) is 9.80. The Labute approximate surface area is 102 Å². The average molecular weight is 268 g/mol. The summed E-state index contributed by atoms with van der Waals surface area (Å²) in [5, 5.41) is 13.2. The van der Waals surface area contributed by atoms with E-state index in [0.29, 0.717) is 0 Å². The average Bonchev–Trinajstić information content (AvgIpc) is 2.74. The molecule has 104 valence electrons. The molecule has 8 heteroatoms. The molecule has 1 aliphatic rings. The lowest BCUT2D eigenvalue weighted by Gasteiger charge is -2.30. The first kappa shape index (κ1) is 14.7. The van der Waals surface area contributed by atoms with Gasteiger partial charge in [-0.25, -0.2) is 4.79 Å². The molecule has 0 aromatic rings. The second-order valence-corrected chi connectivity index (χ2v) is 4.28. The molecule has 1 fully saturated rings. The van der Waals surface area contributed by atoms with Crippen LogP contribution in [0, 0.1) is 5.41 Å². The standard InChI is InChI=1S/C10H15F3N2O3/c1-2-6(7(16)17)15-8(18)9(10(11,12)13)3-4-14-5-9/h6,14H,2-5H2,1H3,(H,15,18)(H,16,17). The Balaban J connectivity index is 2.88. The van der Waals surface area contributed by atoms with E-state index in [-0.39, 0.29) is 19.4 Å². The van der Waals surface area contributed by atoms with Crippen LogP contribution in [0.4, 0.5) is 13.2 Å². The van der Waals surface area contributed by atoms with Gasteiger partial charge < -0.3 is 15.7 Å². The number of halogens is 3. The van der Waals surface area contributed by atoms with Gasteiger partial charge in [0.25, 0.3) is 0 Å². The van der Waals surface area contributed by atoms with Crippen LogP contribution in [0.1, 0.15) is 19.8 Å². The van der Waals surface area contributed by atoms with Crippen molar-refractivity contribution in [3.63, 3.8) is 0 Å². The Kier molecular flexibility index (Phi) is 4.20. The third-order valence-electron chi connectivity index (χ3n) is 3.14. The van der Waals surface area contributed by atoms with Crippen molar-refractivity contribution in [1.82, 2.24) is 10.6 Å². The van der Waals surface area contributed by atoms with Crippen LogP contribution >= 0.6 is 0 Å². The largest absolute Gasteiger partial charge is 0.480 e. The van der Waals surface area contributed by atoms with Gasteiger partial charge in [0.2, 0.25) is 5.91 Å². The number of carbonyl (C=O) groups is 2. The number of alkyl halides is 3. The van der Waals surface area contributed by atoms with Gasteiger partial charge in [0.15, 0.2) is 5.41 Å². The Morgan fingerprint density at radius 3 is 2.44 bits per heavy atom. The van der Waals surface area contributed by atoms with Gasteiger partial charge in [-0.05, 0) is 19.4 Å². The first-order valence-corrected chi connectivity index (χ1v) is 5.56. The van der Waals surface area contributed by atoms with E-state index in [1.54, 1.807) is 0 Å². The van der Waals surface area contributed by atoms with Crippen molar-refractivity contribution in [2.45, 2.75) is 32.0 Å². The number of carboxylic acid groups (broad SMARTS) is 1. The van der Waals surface area contributed by atoms with Crippen LogP contribution in [0.3, 0.4) is 0 Å². The summed E-state index contributed by atoms with van der Waals surface area (Å²) in [6.07, 6.45) is -5.04. The summed E-state index contributed by atoms with van der Waals surface area (Å²) in [4.78, 5) is 22.5. The molecule has 1 rings (SSSR count). The molecule has 3 N–H and O–H groups in total. The fourth-order valence-electron chi connectivity index (χ4n) is 1.89. The van der Waals surface area contributed by atoms with Crippen molar-refractivity contribution in [1.29, 1.82) is 0 Å². The number of nitrogens with one attached hydrogen (secondary N) is 2. The first-order valence-electron chi connectivity index (χ1n) is 5.56. The van der Waals surface area contributed by atoms with Crippen LogP contribution in [0.2, 0.25) is 0 Å². The fourth-order valence-corrected chi connectivity index (χ4v) is 1.89. The normalized spacial score (nSPS) is 25.8. The summed E-state index contributed by atoms with van der Waals surface area (Å²) >= 11 is 0. The van der Waals surface area contributed by atoms with E-state index < -0.39 is 36.1 Å². The molecule has 2 unspecified atom stereocenters. The summed E-state index contributed by atoms with van der Waals surface area (Å²) in [5.74, 6) is -2.61. The highest BCUT2D eigenvalue weighted by molar-refractivity contribution is 5.88. The van der Waals surface area contributed by atoms with Crippen molar-refractivity contribution in [2.24, 2.45) is 5.41 Å². The molecule has 1 aliphatic heterocycles. The molecular weight excluding hydrogens is 253 g/mol. The maximum absolute atomic E-state index is 13.0. The van der Waals surface area contributed by atoms with Crippen LogP contribution < -0.4 is 10.6 Å². The number of carbonyl (C=O) groups excluding carboxylic acids is 1. The number of hydrogen-bond donors (Lipinski definition) is 3. The van der Waals surface area contributed by atoms with Crippen molar-refractivity contribution in [3.05, 3.63) is 0 Å². The van der Waals surface area contributed by atoms with Gasteiger partial charge in [0.1, 0.15) is 6.04 Å². The fraction of sp³-hybridized carbons (Fsp3) is 0.800. The number of amides is 1. The van der Waals surface area contributed by atoms with Crippen LogP contribution in [-0.2, 0) is 9.59 Å². The second kappa shape index (κ2) is 5.13. The molecule has 0 radical (unpaired) electrons. The number of carboxylic acids is 1. The zero-order valence-electron chi connectivity index (χ0n) is 9.80. The van der Waals surface area contributed by atoms with Crippen LogP contribution in [0.15, 0.2) is 0 Å². The Bertz CT molecular complexity index is 338. The smallest absolute Gasteiger partial charge is 0.404 e. The maximum Gasteiger partial charge on any atom is 0.404 e. The predicted molar refractivity (Wildman–Crippen MR) is 55.8 cm³/mol. The van der Waals surface area contributed by atoms with Crippen LogP contribution in [0.5, 0.6) is 0 Å². The number of hydrogen-bond acceptors (Lipinski definition) is 3. The second-order valence-electron chi connectivity index (χ2n) is 4.28. The lowest BCUT2D eigenvalue weighted by Crippen LogP contribution is -2.55. The SMILES string of the molecule is CCC(NC(=O)C1(C(F)(F)F)CCNC1)C(=O)O. The summed E-state index contributed by atoms with van der Waals surface area (Å²) < 4.78 is 38.9.